The molecule has 5 rings (SSSR count). The molecule has 1 saturated heterocycles. The number of amides is 1. The second-order valence-corrected chi connectivity index (χ2v) is 8.43. The molecule has 0 unspecified atom stereocenters. The third-order valence-electron chi connectivity index (χ3n) is 6.01. The van der Waals surface area contributed by atoms with Gasteiger partial charge in [0.15, 0.2) is 4.77 Å². The van der Waals surface area contributed by atoms with Crippen molar-refractivity contribution in [2.45, 2.75) is 0 Å². The van der Waals surface area contributed by atoms with E-state index in [4.69, 9.17) is 12.2 Å². The van der Waals surface area contributed by atoms with Crippen molar-refractivity contribution in [1.29, 1.82) is 5.26 Å². The third kappa shape index (κ3) is 4.06. The normalized spacial score (nSPS) is 13.6. The monoisotopic (exact) mass is 486 g/mol. The molecule has 1 aliphatic heterocycles. The lowest BCUT2D eigenvalue weighted by Crippen LogP contribution is -2.49. The number of carbonyl (C=O) groups excluding carboxylic acids is 1. The van der Waals surface area contributed by atoms with Crippen molar-refractivity contribution in [1.82, 2.24) is 19.4 Å². The van der Waals surface area contributed by atoms with E-state index < -0.39 is 11.4 Å². The van der Waals surface area contributed by atoms with E-state index in [1.165, 1.54) is 18.2 Å². The standard InChI is InChI=1S/C25H19FN6O2S/c26-19-5-1-2-6-21(19)32-24(34)18-8-7-16(14-20(18)29-25(32)35)23(33)31-12-10-30(11-13-31)22-17(15-27)4-3-9-28-22/h1-9,14H,10-13H2,(H,29,35). The van der Waals surface area contributed by atoms with Gasteiger partial charge in [0, 0.05) is 37.9 Å². The number of halogens is 1. The van der Waals surface area contributed by atoms with Crippen molar-refractivity contribution < 1.29 is 9.18 Å². The van der Waals surface area contributed by atoms with E-state index in [0.29, 0.717) is 54.0 Å². The molecule has 1 amide bonds. The molecule has 2 aromatic heterocycles. The van der Waals surface area contributed by atoms with Crippen LogP contribution in [0.4, 0.5) is 10.2 Å². The number of carbonyl (C=O) groups is 1. The van der Waals surface area contributed by atoms with Gasteiger partial charge < -0.3 is 14.8 Å². The number of hydrogen-bond acceptors (Lipinski definition) is 6. The Labute approximate surface area is 204 Å². The number of piperazine rings is 1. The highest BCUT2D eigenvalue weighted by atomic mass is 32.1. The highest BCUT2D eigenvalue weighted by molar-refractivity contribution is 7.71. The second-order valence-electron chi connectivity index (χ2n) is 8.05. The minimum atomic E-state index is -0.563. The van der Waals surface area contributed by atoms with Gasteiger partial charge >= 0.3 is 0 Å². The Morgan fingerprint density at radius 3 is 2.60 bits per heavy atom. The lowest BCUT2D eigenvalue weighted by molar-refractivity contribution is 0.0746. The zero-order valence-corrected chi connectivity index (χ0v) is 19.3. The Kier molecular flexibility index (Phi) is 5.84. The van der Waals surface area contributed by atoms with Gasteiger partial charge in [0.05, 0.1) is 22.2 Å². The molecule has 35 heavy (non-hydrogen) atoms. The number of nitrogens with one attached hydrogen (secondary N) is 1. The van der Waals surface area contributed by atoms with E-state index in [1.807, 2.05) is 4.90 Å². The van der Waals surface area contributed by atoms with Crippen molar-refractivity contribution in [3.05, 3.63) is 92.9 Å². The average Bonchev–Trinajstić information content (AvgIpc) is 2.89. The molecule has 174 valence electrons. The zero-order valence-electron chi connectivity index (χ0n) is 18.4. The molecule has 1 N–H and O–H groups in total. The number of nitriles is 1. The van der Waals surface area contributed by atoms with Gasteiger partial charge in [-0.1, -0.05) is 12.1 Å². The molecule has 0 radical (unpaired) electrons. The van der Waals surface area contributed by atoms with Crippen molar-refractivity contribution in [3.63, 3.8) is 0 Å². The van der Waals surface area contributed by atoms with Gasteiger partial charge in [-0.3, -0.25) is 9.59 Å². The smallest absolute Gasteiger partial charge is 0.266 e. The van der Waals surface area contributed by atoms with Crippen LogP contribution in [-0.4, -0.2) is 51.5 Å². The first kappa shape index (κ1) is 22.4. The molecule has 2 aromatic carbocycles. The number of para-hydroxylation sites is 1. The van der Waals surface area contributed by atoms with E-state index in [-0.39, 0.29) is 16.4 Å². The Morgan fingerprint density at radius 2 is 1.86 bits per heavy atom. The molecule has 8 nitrogen and oxygen atoms in total. The fraction of sp³-hybridized carbons (Fsp3) is 0.160. The lowest BCUT2D eigenvalue weighted by atomic mass is 10.1. The topological polar surface area (TPSA) is 98.0 Å². The van der Waals surface area contributed by atoms with Crippen LogP contribution in [-0.2, 0) is 0 Å². The summed E-state index contributed by atoms with van der Waals surface area (Å²) in [5.74, 6) is -0.121. The van der Waals surface area contributed by atoms with Crippen molar-refractivity contribution >= 4 is 34.8 Å². The second kappa shape index (κ2) is 9.12. The Hall–Kier alpha value is -4.36. The number of aromatic nitrogens is 3. The summed E-state index contributed by atoms with van der Waals surface area (Å²) in [6.07, 6.45) is 1.65. The fourth-order valence-electron chi connectivity index (χ4n) is 4.24. The van der Waals surface area contributed by atoms with Crippen LogP contribution in [0.15, 0.2) is 65.6 Å². The predicted octanol–water partition coefficient (Wildman–Crippen LogP) is 3.42. The zero-order chi connectivity index (χ0) is 24.5. The van der Waals surface area contributed by atoms with Crippen molar-refractivity contribution in [2.24, 2.45) is 0 Å². The van der Waals surface area contributed by atoms with Crippen molar-refractivity contribution in [2.75, 3.05) is 31.1 Å². The van der Waals surface area contributed by atoms with E-state index in [1.54, 1.807) is 47.5 Å². The summed E-state index contributed by atoms with van der Waals surface area (Å²) in [5.41, 5.74) is 0.911. The Bertz CT molecular complexity index is 1620. The summed E-state index contributed by atoms with van der Waals surface area (Å²) in [5, 5.41) is 9.62. The summed E-state index contributed by atoms with van der Waals surface area (Å²) < 4.78 is 15.4. The maximum Gasteiger partial charge on any atom is 0.266 e. The van der Waals surface area contributed by atoms with Crippen LogP contribution in [0.5, 0.6) is 0 Å². The van der Waals surface area contributed by atoms with Gasteiger partial charge in [-0.05, 0) is 54.7 Å². The average molecular weight is 487 g/mol. The number of hydrogen-bond donors (Lipinski definition) is 1. The third-order valence-corrected chi connectivity index (χ3v) is 6.30. The molecule has 0 bridgehead atoms. The largest absolute Gasteiger partial charge is 0.352 e. The van der Waals surface area contributed by atoms with Crippen LogP contribution in [0.2, 0.25) is 0 Å². The molecule has 0 saturated carbocycles. The van der Waals surface area contributed by atoms with Crippen LogP contribution in [0, 0.1) is 21.9 Å². The van der Waals surface area contributed by atoms with E-state index in [2.05, 4.69) is 16.0 Å². The van der Waals surface area contributed by atoms with Gasteiger partial charge in [-0.2, -0.15) is 5.26 Å². The van der Waals surface area contributed by atoms with Gasteiger partial charge in [-0.25, -0.2) is 13.9 Å². The van der Waals surface area contributed by atoms with E-state index in [0.717, 1.165) is 4.57 Å². The van der Waals surface area contributed by atoms with Gasteiger partial charge in [0.2, 0.25) is 0 Å². The van der Waals surface area contributed by atoms with Crippen LogP contribution >= 0.6 is 12.2 Å². The highest BCUT2D eigenvalue weighted by Crippen LogP contribution is 2.20. The number of pyridine rings is 1. The first-order chi connectivity index (χ1) is 17.0. The number of anilines is 1. The molecule has 4 aromatic rings. The van der Waals surface area contributed by atoms with E-state index in [9.17, 15) is 19.2 Å². The first-order valence-electron chi connectivity index (χ1n) is 10.9. The molecule has 1 aliphatic rings. The molecular formula is C25H19FN6O2S. The summed E-state index contributed by atoms with van der Waals surface area (Å²) >= 11 is 5.33. The summed E-state index contributed by atoms with van der Waals surface area (Å²) in [7, 11) is 0. The fourth-order valence-corrected chi connectivity index (χ4v) is 4.53. The predicted molar refractivity (Wildman–Crippen MR) is 132 cm³/mol. The number of H-pyrrole nitrogens is 1. The minimum Gasteiger partial charge on any atom is -0.352 e. The minimum absolute atomic E-state index is 0.0365. The lowest BCUT2D eigenvalue weighted by Gasteiger charge is -2.35. The van der Waals surface area contributed by atoms with Crippen LogP contribution in [0.3, 0.4) is 0 Å². The molecule has 3 heterocycles. The highest BCUT2D eigenvalue weighted by Gasteiger charge is 2.24. The van der Waals surface area contributed by atoms with Gasteiger partial charge in [0.1, 0.15) is 17.7 Å². The number of fused-ring (bicyclic) bond motifs is 1. The van der Waals surface area contributed by atoms with Crippen LogP contribution in [0.1, 0.15) is 15.9 Å². The van der Waals surface area contributed by atoms with Crippen LogP contribution < -0.4 is 10.5 Å². The Morgan fingerprint density at radius 1 is 1.09 bits per heavy atom. The van der Waals surface area contributed by atoms with Gasteiger partial charge in [-0.15, -0.1) is 0 Å². The molecule has 10 heteroatoms. The number of nitrogens with zero attached hydrogens (tertiary/aromatic N) is 5. The maximum absolute atomic E-state index is 14.3. The quantitative estimate of drug-likeness (QED) is 0.446. The molecule has 0 spiro atoms. The summed E-state index contributed by atoms with van der Waals surface area (Å²) in [4.78, 5) is 37.3. The summed E-state index contributed by atoms with van der Waals surface area (Å²) in [6.45, 7) is 2.01. The number of rotatable bonds is 3. The maximum atomic E-state index is 14.3. The van der Waals surface area contributed by atoms with Gasteiger partial charge in [0.25, 0.3) is 11.5 Å². The molecule has 0 atom stereocenters. The SMILES string of the molecule is N#Cc1cccnc1N1CCN(C(=O)c2ccc3c(=O)n(-c4ccccc4F)c(=S)[nH]c3c2)CC1. The first-order valence-corrected chi connectivity index (χ1v) is 11.3. The number of aromatic amines is 1. The number of benzene rings is 2. The molecule has 0 aliphatic carbocycles. The summed E-state index contributed by atoms with van der Waals surface area (Å²) in [6, 6.07) is 16.2. The molecular weight excluding hydrogens is 467 g/mol. The molecule has 1 fully saturated rings. The van der Waals surface area contributed by atoms with Crippen molar-refractivity contribution in [3.8, 4) is 11.8 Å². The van der Waals surface area contributed by atoms with Crippen LogP contribution in [0.25, 0.3) is 16.6 Å². The van der Waals surface area contributed by atoms with E-state index >= 15 is 0 Å². The Balaban J connectivity index is 1.40.